The van der Waals surface area contributed by atoms with Crippen LogP contribution in [0.2, 0.25) is 0 Å². The molecule has 2 heterocycles. The molecule has 158 valence electrons. The molecule has 2 radical (unpaired) electrons. The number of pyridine rings is 1. The van der Waals surface area contributed by atoms with Gasteiger partial charge in [-0.3, -0.25) is 4.98 Å². The van der Waals surface area contributed by atoms with Gasteiger partial charge in [-0.2, -0.15) is 0 Å². The lowest BCUT2D eigenvalue weighted by Gasteiger charge is -2.22. The second-order valence-electron chi connectivity index (χ2n) is 8.50. The molecule has 3 unspecified atom stereocenters. The van der Waals surface area contributed by atoms with Crippen molar-refractivity contribution in [3.05, 3.63) is 60.4 Å². The smallest absolute Gasteiger partial charge is 0.141 e. The average molecular weight is 411 g/mol. The van der Waals surface area contributed by atoms with Gasteiger partial charge in [0.15, 0.2) is 0 Å². The van der Waals surface area contributed by atoms with Crippen molar-refractivity contribution in [2.24, 2.45) is 16.6 Å². The Labute approximate surface area is 185 Å². The highest BCUT2D eigenvalue weighted by atomic mass is 15.1. The van der Waals surface area contributed by atoms with Gasteiger partial charge in [0.1, 0.15) is 13.7 Å². The maximum atomic E-state index is 5.98. The summed E-state index contributed by atoms with van der Waals surface area (Å²) in [5.41, 5.74) is 10.4. The summed E-state index contributed by atoms with van der Waals surface area (Å²) in [7, 11) is 7.91. The molecule has 1 aliphatic carbocycles. The first kappa shape index (κ1) is 21.4. The number of hydrogen-bond acceptors (Lipinski definition) is 4. The zero-order chi connectivity index (χ0) is 22.0. The minimum absolute atomic E-state index is 0.296. The van der Waals surface area contributed by atoms with Crippen molar-refractivity contribution >= 4 is 41.9 Å². The maximum Gasteiger partial charge on any atom is 0.141 e. The van der Waals surface area contributed by atoms with E-state index in [1.165, 1.54) is 12.0 Å². The van der Waals surface area contributed by atoms with Crippen LogP contribution in [0.5, 0.6) is 0 Å². The Morgan fingerprint density at radius 1 is 1.39 bits per heavy atom. The summed E-state index contributed by atoms with van der Waals surface area (Å²) < 4.78 is 2.28. The minimum atomic E-state index is 0.296. The fourth-order valence-electron chi connectivity index (χ4n) is 4.88. The first-order valence-corrected chi connectivity index (χ1v) is 11.0. The van der Waals surface area contributed by atoms with Crippen LogP contribution in [-0.2, 0) is 0 Å². The van der Waals surface area contributed by atoms with Gasteiger partial charge >= 0.3 is 0 Å². The van der Waals surface area contributed by atoms with Crippen LogP contribution in [0, 0.1) is 5.92 Å². The van der Waals surface area contributed by atoms with Crippen molar-refractivity contribution in [1.82, 2.24) is 14.9 Å². The Kier molecular flexibility index (Phi) is 6.28. The predicted octanol–water partition coefficient (Wildman–Crippen LogP) is 4.17. The lowest BCUT2D eigenvalue weighted by molar-refractivity contribution is 0.397. The van der Waals surface area contributed by atoms with Crippen LogP contribution in [0.3, 0.4) is 0 Å². The lowest BCUT2D eigenvalue weighted by Crippen LogP contribution is -2.19. The highest BCUT2D eigenvalue weighted by molar-refractivity contribution is 6.32. The molecule has 0 bridgehead atoms. The van der Waals surface area contributed by atoms with E-state index in [2.05, 4.69) is 50.8 Å². The second kappa shape index (κ2) is 9.10. The van der Waals surface area contributed by atoms with Gasteiger partial charge in [0.25, 0.3) is 0 Å². The summed E-state index contributed by atoms with van der Waals surface area (Å²) in [4.78, 5) is 9.08. The normalized spacial score (nSPS) is 19.9. The Morgan fingerprint density at radius 3 is 2.97 bits per heavy atom. The van der Waals surface area contributed by atoms with Gasteiger partial charge < -0.3 is 15.6 Å². The molecule has 6 heteroatoms. The summed E-state index contributed by atoms with van der Waals surface area (Å²) in [6.07, 6.45) is 10.2. The number of aliphatic imine (C=N–C) groups is 1. The fraction of sp³-hybridized carbons (Fsp3) is 0.360. The Morgan fingerprint density at radius 2 is 2.23 bits per heavy atom. The molecule has 0 aliphatic heterocycles. The summed E-state index contributed by atoms with van der Waals surface area (Å²) in [5, 5.41) is 4.59. The van der Waals surface area contributed by atoms with E-state index in [9.17, 15) is 0 Å². The molecule has 0 amide bonds. The number of nitrogens with one attached hydrogen (secondary N) is 1. The molecule has 1 fully saturated rings. The van der Waals surface area contributed by atoms with Crippen LogP contribution in [0.15, 0.2) is 54.3 Å². The van der Waals surface area contributed by atoms with E-state index in [1.54, 1.807) is 6.20 Å². The monoisotopic (exact) mass is 411 g/mol. The molecule has 3 atom stereocenters. The van der Waals surface area contributed by atoms with E-state index in [-0.39, 0.29) is 0 Å². The maximum absolute atomic E-state index is 5.98. The van der Waals surface area contributed by atoms with Crippen molar-refractivity contribution in [1.29, 1.82) is 0 Å². The van der Waals surface area contributed by atoms with E-state index in [1.807, 2.05) is 32.3 Å². The summed E-state index contributed by atoms with van der Waals surface area (Å²) in [6.45, 7) is 5.84. The number of hydrogen-bond donors (Lipinski definition) is 2. The van der Waals surface area contributed by atoms with Crippen LogP contribution >= 0.6 is 0 Å². The van der Waals surface area contributed by atoms with Crippen LogP contribution in [0.25, 0.3) is 16.6 Å². The van der Waals surface area contributed by atoms with Gasteiger partial charge in [0, 0.05) is 42.0 Å². The second-order valence-corrected chi connectivity index (χ2v) is 8.50. The van der Waals surface area contributed by atoms with E-state index in [0.29, 0.717) is 29.2 Å². The topological polar surface area (TPSA) is 68.2 Å². The van der Waals surface area contributed by atoms with E-state index < -0.39 is 0 Å². The van der Waals surface area contributed by atoms with Crippen LogP contribution in [0.1, 0.15) is 55.8 Å². The molecule has 1 aromatic carbocycles. The zero-order valence-corrected chi connectivity index (χ0v) is 18.4. The largest absolute Gasteiger partial charge is 0.399 e. The fourth-order valence-corrected chi connectivity index (χ4v) is 4.88. The third-order valence-corrected chi connectivity index (χ3v) is 6.44. The van der Waals surface area contributed by atoms with E-state index in [0.717, 1.165) is 41.5 Å². The number of rotatable bonds is 7. The predicted molar refractivity (Wildman–Crippen MR) is 131 cm³/mol. The van der Waals surface area contributed by atoms with Crippen molar-refractivity contribution in [3.63, 3.8) is 0 Å². The van der Waals surface area contributed by atoms with Gasteiger partial charge in [-0.25, -0.2) is 4.99 Å². The Hall–Kier alpha value is -2.86. The summed E-state index contributed by atoms with van der Waals surface area (Å²) >= 11 is 0. The zero-order valence-electron chi connectivity index (χ0n) is 18.4. The molecule has 0 spiro atoms. The average Bonchev–Trinajstić information content (AvgIpc) is 3.39. The van der Waals surface area contributed by atoms with Gasteiger partial charge in [-0.05, 0) is 68.7 Å². The molecule has 3 N–H and O–H groups in total. The highest BCUT2D eigenvalue weighted by Crippen LogP contribution is 2.42. The molecule has 4 rings (SSSR count). The van der Waals surface area contributed by atoms with Crippen LogP contribution in [-0.4, -0.2) is 30.7 Å². The first-order chi connectivity index (χ1) is 15.0. The lowest BCUT2D eigenvalue weighted by atomic mass is 9.92. The molecule has 0 saturated heterocycles. The molecular formula is C25H30BN5. The SMILES string of the molecule is [B]c1cnc2cc(C(CC3CCC(n4ccc(C(=C)N)c4/N=C\C)C3)NC)ccc2c1. The summed E-state index contributed by atoms with van der Waals surface area (Å²) in [5.74, 6) is 1.56. The standard InChI is InChI=1S/C25H30BN5/c1-4-29-25-22(16(2)27)9-10-31(25)21-8-5-17(11-21)12-23(28-3)19-7-6-18-13-20(26)15-30-24(18)14-19/h4,6-7,9-10,13-15,17,21,23,28H,2,5,8,11-12,27H2,1,3H3/b29-4-. The number of nitrogens with zero attached hydrogens (tertiary/aromatic N) is 3. The van der Waals surface area contributed by atoms with E-state index in [4.69, 9.17) is 13.6 Å². The quantitative estimate of drug-likeness (QED) is 0.453. The molecule has 3 aromatic rings. The molecule has 2 aromatic heterocycles. The summed E-state index contributed by atoms with van der Waals surface area (Å²) in [6, 6.07) is 11.2. The molecule has 5 nitrogen and oxygen atoms in total. The van der Waals surface area contributed by atoms with Gasteiger partial charge in [0.05, 0.1) is 5.52 Å². The van der Waals surface area contributed by atoms with Crippen molar-refractivity contribution in [2.75, 3.05) is 7.05 Å². The number of benzene rings is 1. The third kappa shape index (κ3) is 4.44. The molecule has 1 saturated carbocycles. The van der Waals surface area contributed by atoms with Gasteiger partial charge in [-0.1, -0.05) is 30.2 Å². The molecular weight excluding hydrogens is 381 g/mol. The Balaban J connectivity index is 1.49. The van der Waals surface area contributed by atoms with Crippen molar-refractivity contribution in [3.8, 4) is 0 Å². The molecule has 31 heavy (non-hydrogen) atoms. The van der Waals surface area contributed by atoms with Crippen LogP contribution < -0.4 is 16.5 Å². The van der Waals surface area contributed by atoms with Gasteiger partial charge in [0.2, 0.25) is 0 Å². The minimum Gasteiger partial charge on any atom is -0.399 e. The number of nitrogens with two attached hydrogens (primary N) is 1. The number of fused-ring (bicyclic) bond motifs is 1. The first-order valence-electron chi connectivity index (χ1n) is 11.0. The Bertz CT molecular complexity index is 1120. The van der Waals surface area contributed by atoms with Crippen molar-refractivity contribution < 1.29 is 0 Å². The van der Waals surface area contributed by atoms with Crippen molar-refractivity contribution in [2.45, 2.75) is 44.7 Å². The molecule has 1 aliphatic rings. The van der Waals surface area contributed by atoms with E-state index >= 15 is 0 Å². The highest BCUT2D eigenvalue weighted by Gasteiger charge is 2.29. The third-order valence-electron chi connectivity index (χ3n) is 6.44. The van der Waals surface area contributed by atoms with Gasteiger partial charge in [-0.15, -0.1) is 0 Å². The van der Waals surface area contributed by atoms with Crippen LogP contribution in [0.4, 0.5) is 5.82 Å². The number of aromatic nitrogens is 2.